The topological polar surface area (TPSA) is 12.0 Å². The van der Waals surface area contributed by atoms with E-state index in [2.05, 4.69) is 57.3 Å². The first-order valence-electron chi connectivity index (χ1n) is 8.43. The summed E-state index contributed by atoms with van der Waals surface area (Å²) in [5.41, 5.74) is 2.89. The predicted molar refractivity (Wildman–Crippen MR) is 88.0 cm³/mol. The molecule has 2 rings (SSSR count). The lowest BCUT2D eigenvalue weighted by molar-refractivity contribution is 0.437. The average Bonchev–Trinajstić information content (AvgIpc) is 2.86. The maximum absolute atomic E-state index is 3.82. The Labute approximate surface area is 125 Å². The van der Waals surface area contributed by atoms with Gasteiger partial charge in [0.15, 0.2) is 0 Å². The molecule has 1 fully saturated rings. The first-order valence-corrected chi connectivity index (χ1v) is 8.43. The maximum Gasteiger partial charge on any atom is 0.0294 e. The first-order chi connectivity index (χ1) is 9.58. The molecule has 0 spiro atoms. The largest absolute Gasteiger partial charge is 0.307 e. The SMILES string of the molecule is CCC1CCC(NC(C)c2ccc(CC(C)C)cc2)C1. The van der Waals surface area contributed by atoms with Crippen LogP contribution in [0.5, 0.6) is 0 Å². The van der Waals surface area contributed by atoms with Gasteiger partial charge in [0.05, 0.1) is 0 Å². The van der Waals surface area contributed by atoms with Gasteiger partial charge in [-0.15, -0.1) is 0 Å². The molecule has 0 aliphatic heterocycles. The van der Waals surface area contributed by atoms with Crippen LogP contribution in [0.1, 0.15) is 70.5 Å². The summed E-state index contributed by atoms with van der Waals surface area (Å²) in [6, 6.07) is 10.4. The highest BCUT2D eigenvalue weighted by molar-refractivity contribution is 5.25. The van der Waals surface area contributed by atoms with E-state index in [0.29, 0.717) is 6.04 Å². The number of nitrogens with one attached hydrogen (secondary N) is 1. The van der Waals surface area contributed by atoms with Crippen molar-refractivity contribution in [2.24, 2.45) is 11.8 Å². The van der Waals surface area contributed by atoms with Crippen molar-refractivity contribution in [3.63, 3.8) is 0 Å². The van der Waals surface area contributed by atoms with Gasteiger partial charge in [0, 0.05) is 12.1 Å². The lowest BCUT2D eigenvalue weighted by Gasteiger charge is -2.20. The number of benzene rings is 1. The van der Waals surface area contributed by atoms with Crippen molar-refractivity contribution in [2.45, 2.75) is 71.9 Å². The summed E-state index contributed by atoms with van der Waals surface area (Å²) in [4.78, 5) is 0. The molecule has 0 saturated heterocycles. The molecule has 0 heterocycles. The Balaban J connectivity index is 1.87. The Morgan fingerprint density at radius 2 is 1.80 bits per heavy atom. The number of rotatable bonds is 6. The van der Waals surface area contributed by atoms with Crippen LogP contribution >= 0.6 is 0 Å². The zero-order chi connectivity index (χ0) is 14.5. The van der Waals surface area contributed by atoms with E-state index in [1.54, 1.807) is 0 Å². The van der Waals surface area contributed by atoms with Crippen LogP contribution in [0.25, 0.3) is 0 Å². The third-order valence-electron chi connectivity index (χ3n) is 4.73. The Hall–Kier alpha value is -0.820. The quantitative estimate of drug-likeness (QED) is 0.759. The van der Waals surface area contributed by atoms with Crippen molar-refractivity contribution in [1.82, 2.24) is 5.32 Å². The minimum absolute atomic E-state index is 0.476. The Morgan fingerprint density at radius 1 is 1.10 bits per heavy atom. The van der Waals surface area contributed by atoms with Gasteiger partial charge in [-0.2, -0.15) is 0 Å². The minimum atomic E-state index is 0.476. The molecule has 1 N–H and O–H groups in total. The maximum atomic E-state index is 3.82. The van der Waals surface area contributed by atoms with Crippen molar-refractivity contribution in [1.29, 1.82) is 0 Å². The summed E-state index contributed by atoms with van der Waals surface area (Å²) >= 11 is 0. The van der Waals surface area contributed by atoms with Crippen LogP contribution < -0.4 is 5.32 Å². The van der Waals surface area contributed by atoms with E-state index < -0.39 is 0 Å². The average molecular weight is 273 g/mol. The third kappa shape index (κ3) is 4.34. The summed E-state index contributed by atoms with van der Waals surface area (Å²) in [5.74, 6) is 1.69. The molecule has 1 saturated carbocycles. The summed E-state index contributed by atoms with van der Waals surface area (Å²) in [6.07, 6.45) is 6.66. The molecule has 20 heavy (non-hydrogen) atoms. The zero-order valence-electron chi connectivity index (χ0n) is 13.7. The Morgan fingerprint density at radius 3 is 2.35 bits per heavy atom. The van der Waals surface area contributed by atoms with E-state index in [1.807, 2.05) is 0 Å². The lowest BCUT2D eigenvalue weighted by Crippen LogP contribution is -2.29. The van der Waals surface area contributed by atoms with Gasteiger partial charge in [-0.1, -0.05) is 51.5 Å². The van der Waals surface area contributed by atoms with Crippen LogP contribution in [0.3, 0.4) is 0 Å². The van der Waals surface area contributed by atoms with Crippen LogP contribution in [-0.2, 0) is 6.42 Å². The van der Waals surface area contributed by atoms with Crippen molar-refractivity contribution in [2.75, 3.05) is 0 Å². The fourth-order valence-electron chi connectivity index (χ4n) is 3.46. The fourth-order valence-corrected chi connectivity index (χ4v) is 3.46. The second-order valence-electron chi connectivity index (χ2n) is 7.01. The highest BCUT2D eigenvalue weighted by atomic mass is 14.9. The zero-order valence-corrected chi connectivity index (χ0v) is 13.7. The van der Waals surface area contributed by atoms with Gasteiger partial charge < -0.3 is 5.32 Å². The van der Waals surface area contributed by atoms with Crippen LogP contribution in [0, 0.1) is 11.8 Å². The molecule has 3 atom stereocenters. The van der Waals surface area contributed by atoms with Gasteiger partial charge >= 0.3 is 0 Å². The molecule has 1 heteroatoms. The second kappa shape index (κ2) is 7.26. The van der Waals surface area contributed by atoms with E-state index >= 15 is 0 Å². The van der Waals surface area contributed by atoms with E-state index in [-0.39, 0.29) is 0 Å². The molecule has 1 aliphatic carbocycles. The normalized spacial score (nSPS) is 24.2. The monoisotopic (exact) mass is 273 g/mol. The molecule has 0 bridgehead atoms. The molecule has 112 valence electrons. The van der Waals surface area contributed by atoms with Crippen LogP contribution in [0.4, 0.5) is 0 Å². The van der Waals surface area contributed by atoms with Gasteiger partial charge in [0.2, 0.25) is 0 Å². The van der Waals surface area contributed by atoms with Crippen molar-refractivity contribution in [3.05, 3.63) is 35.4 Å². The fraction of sp³-hybridized carbons (Fsp3) is 0.684. The predicted octanol–water partition coefficient (Wildman–Crippen LogP) is 5.11. The van der Waals surface area contributed by atoms with Crippen LogP contribution in [0.2, 0.25) is 0 Å². The molecule has 1 aromatic rings. The second-order valence-corrected chi connectivity index (χ2v) is 7.01. The molecule has 1 nitrogen and oxygen atoms in total. The summed E-state index contributed by atoms with van der Waals surface area (Å²) < 4.78 is 0. The van der Waals surface area contributed by atoms with Crippen LogP contribution in [0.15, 0.2) is 24.3 Å². The van der Waals surface area contributed by atoms with Gasteiger partial charge in [-0.25, -0.2) is 0 Å². The van der Waals surface area contributed by atoms with Crippen molar-refractivity contribution >= 4 is 0 Å². The molecule has 0 aromatic heterocycles. The van der Waals surface area contributed by atoms with E-state index in [0.717, 1.165) is 17.9 Å². The third-order valence-corrected chi connectivity index (χ3v) is 4.73. The highest BCUT2D eigenvalue weighted by Crippen LogP contribution is 2.29. The molecule has 0 radical (unpaired) electrons. The van der Waals surface area contributed by atoms with Gasteiger partial charge in [-0.3, -0.25) is 0 Å². The van der Waals surface area contributed by atoms with Gasteiger partial charge in [-0.05, 0) is 55.6 Å². The number of hydrogen-bond acceptors (Lipinski definition) is 1. The summed E-state index contributed by atoms with van der Waals surface area (Å²) in [5, 5.41) is 3.82. The summed E-state index contributed by atoms with van der Waals surface area (Å²) in [6.45, 7) is 9.19. The molecule has 1 aliphatic rings. The van der Waals surface area contributed by atoms with Crippen molar-refractivity contribution in [3.8, 4) is 0 Å². The summed E-state index contributed by atoms with van der Waals surface area (Å²) in [7, 11) is 0. The van der Waals surface area contributed by atoms with Crippen LogP contribution in [-0.4, -0.2) is 6.04 Å². The van der Waals surface area contributed by atoms with Gasteiger partial charge in [0.1, 0.15) is 0 Å². The molecule has 1 aromatic carbocycles. The van der Waals surface area contributed by atoms with Gasteiger partial charge in [0.25, 0.3) is 0 Å². The van der Waals surface area contributed by atoms with E-state index in [4.69, 9.17) is 0 Å². The minimum Gasteiger partial charge on any atom is -0.307 e. The highest BCUT2D eigenvalue weighted by Gasteiger charge is 2.24. The van der Waals surface area contributed by atoms with E-state index in [1.165, 1.54) is 43.2 Å². The standard InChI is InChI=1S/C19H31N/c1-5-16-8-11-19(13-16)20-15(4)18-9-6-17(7-10-18)12-14(2)3/h6-7,9-10,14-16,19-20H,5,8,11-13H2,1-4H3. The smallest absolute Gasteiger partial charge is 0.0294 e. The van der Waals surface area contributed by atoms with Crippen molar-refractivity contribution < 1.29 is 0 Å². The Bertz CT molecular complexity index is 393. The number of hydrogen-bond donors (Lipinski definition) is 1. The molecule has 0 amide bonds. The molecular formula is C19H31N. The lowest BCUT2D eigenvalue weighted by atomic mass is 9.99. The first kappa shape index (κ1) is 15.6. The van der Waals surface area contributed by atoms with E-state index in [9.17, 15) is 0 Å². The molecule has 3 unspecified atom stereocenters. The Kier molecular flexibility index (Phi) is 5.65. The molecular weight excluding hydrogens is 242 g/mol.